The van der Waals surface area contributed by atoms with Crippen LogP contribution < -0.4 is 5.32 Å². The molecule has 0 fully saturated rings. The lowest BCUT2D eigenvalue weighted by atomic mass is 10.1. The molecule has 0 radical (unpaired) electrons. The van der Waals surface area contributed by atoms with Crippen LogP contribution in [0, 0.1) is 0 Å². The number of hydrogen-bond donors (Lipinski definition) is 1. The number of carbonyl (C=O) groups excluding carboxylic acids is 2. The number of hydrogen-bond acceptors (Lipinski definition) is 5. The lowest BCUT2D eigenvalue weighted by Gasteiger charge is -2.28. The topological polar surface area (TPSA) is 93.0 Å². The third kappa shape index (κ3) is 4.42. The van der Waals surface area contributed by atoms with Crippen molar-refractivity contribution in [2.75, 3.05) is 17.7 Å². The Morgan fingerprint density at radius 2 is 1.94 bits per heavy atom. The van der Waals surface area contributed by atoms with E-state index in [0.717, 1.165) is 12.1 Å². The molecule has 1 aromatic carbocycles. The van der Waals surface area contributed by atoms with E-state index in [0.29, 0.717) is 23.9 Å². The summed E-state index contributed by atoms with van der Waals surface area (Å²) in [6, 6.07) is 8.09. The highest BCUT2D eigenvalue weighted by molar-refractivity contribution is 6.29. The van der Waals surface area contributed by atoms with Crippen LogP contribution in [0.1, 0.15) is 21.7 Å². The Hall–Kier alpha value is -3.47. The lowest BCUT2D eigenvalue weighted by molar-refractivity contribution is -0.137. The average molecular weight is 465 g/mol. The third-order valence-electron chi connectivity index (χ3n) is 4.85. The first kappa shape index (κ1) is 21.8. The quantitative estimate of drug-likeness (QED) is 0.599. The maximum Gasteiger partial charge on any atom is 0.416 e. The zero-order chi connectivity index (χ0) is 22.9. The van der Waals surface area contributed by atoms with Crippen molar-refractivity contribution in [3.63, 3.8) is 0 Å². The number of nitrogens with zero attached hydrogens (tertiary/aromatic N) is 5. The van der Waals surface area contributed by atoms with E-state index in [2.05, 4.69) is 20.5 Å². The molecule has 4 rings (SSSR count). The molecule has 2 aromatic heterocycles. The van der Waals surface area contributed by atoms with E-state index >= 15 is 0 Å². The number of anilines is 1. The maximum atomic E-state index is 13.3. The van der Waals surface area contributed by atoms with Gasteiger partial charge in [0.15, 0.2) is 11.6 Å². The Morgan fingerprint density at radius 3 is 2.62 bits per heavy atom. The van der Waals surface area contributed by atoms with Crippen LogP contribution in [0.5, 0.6) is 0 Å². The number of rotatable bonds is 4. The van der Waals surface area contributed by atoms with Crippen molar-refractivity contribution in [1.82, 2.24) is 24.6 Å². The predicted octanol–water partition coefficient (Wildman–Crippen LogP) is 3.19. The van der Waals surface area contributed by atoms with Crippen LogP contribution >= 0.6 is 11.6 Å². The molecule has 1 aliphatic rings. The molecule has 0 aliphatic carbocycles. The fourth-order valence-electron chi connectivity index (χ4n) is 3.38. The van der Waals surface area contributed by atoms with Crippen LogP contribution in [0.25, 0.3) is 11.5 Å². The molecule has 166 valence electrons. The molecule has 0 spiro atoms. The number of nitrogens with one attached hydrogen (secondary N) is 1. The largest absolute Gasteiger partial charge is 0.416 e. The van der Waals surface area contributed by atoms with Crippen LogP contribution in [0.4, 0.5) is 18.9 Å². The molecule has 0 saturated heterocycles. The van der Waals surface area contributed by atoms with Gasteiger partial charge in [-0.1, -0.05) is 6.07 Å². The van der Waals surface area contributed by atoms with Gasteiger partial charge in [-0.25, -0.2) is 0 Å². The Morgan fingerprint density at radius 1 is 1.12 bits per heavy atom. The van der Waals surface area contributed by atoms with Crippen LogP contribution in [0.2, 0.25) is 0 Å². The Balaban J connectivity index is 1.61. The van der Waals surface area contributed by atoms with Crippen molar-refractivity contribution in [3.05, 3.63) is 59.5 Å². The number of amides is 2. The summed E-state index contributed by atoms with van der Waals surface area (Å²) < 4.78 is 41.9. The van der Waals surface area contributed by atoms with E-state index in [4.69, 9.17) is 11.6 Å². The second-order valence-corrected chi connectivity index (χ2v) is 7.28. The molecule has 0 saturated carbocycles. The van der Waals surface area contributed by atoms with Crippen molar-refractivity contribution >= 4 is 29.1 Å². The van der Waals surface area contributed by atoms with Crippen molar-refractivity contribution in [1.29, 1.82) is 0 Å². The second-order valence-electron chi connectivity index (χ2n) is 7.01. The van der Waals surface area contributed by atoms with Crippen molar-refractivity contribution in [2.24, 2.45) is 0 Å². The van der Waals surface area contributed by atoms with Crippen LogP contribution in [0.3, 0.4) is 0 Å². The molecule has 8 nitrogen and oxygen atoms in total. The zero-order valence-electron chi connectivity index (χ0n) is 16.4. The molecule has 12 heteroatoms. The standard InChI is InChI=1S/C20H16ClF3N6O2/c21-10-17(31)26-14-8-12(7-13(9-14)20(22,23)24)19(32)29-5-6-30-16(11-29)27-28-18(30)15-3-1-2-4-25-15/h1-4,7-9H,5-6,10-11H2,(H,26,31). The summed E-state index contributed by atoms with van der Waals surface area (Å²) in [6.45, 7) is 0.663. The fraction of sp³-hybridized carbons (Fsp3) is 0.250. The van der Waals surface area contributed by atoms with Gasteiger partial charge in [-0.3, -0.25) is 14.6 Å². The molecular formula is C20H16ClF3N6O2. The monoisotopic (exact) mass is 464 g/mol. The van der Waals surface area contributed by atoms with Gasteiger partial charge in [0.1, 0.15) is 11.6 Å². The molecule has 32 heavy (non-hydrogen) atoms. The minimum Gasteiger partial charge on any atom is -0.329 e. The fourth-order valence-corrected chi connectivity index (χ4v) is 3.45. The summed E-state index contributed by atoms with van der Waals surface area (Å²) in [4.78, 5) is 30.2. The third-order valence-corrected chi connectivity index (χ3v) is 5.09. The normalized spacial score (nSPS) is 13.6. The van der Waals surface area contributed by atoms with Crippen molar-refractivity contribution in [2.45, 2.75) is 19.3 Å². The number of aromatic nitrogens is 4. The number of carbonyl (C=O) groups is 2. The highest BCUT2D eigenvalue weighted by Gasteiger charge is 2.33. The first-order chi connectivity index (χ1) is 15.3. The molecular weight excluding hydrogens is 449 g/mol. The average Bonchev–Trinajstić information content (AvgIpc) is 3.21. The number of halogens is 4. The van der Waals surface area contributed by atoms with Gasteiger partial charge in [-0.15, -0.1) is 21.8 Å². The maximum absolute atomic E-state index is 13.3. The number of benzene rings is 1. The van der Waals surface area contributed by atoms with E-state index in [1.807, 2.05) is 10.6 Å². The van der Waals surface area contributed by atoms with Gasteiger partial charge in [0, 0.05) is 30.5 Å². The van der Waals surface area contributed by atoms with E-state index in [-0.39, 0.29) is 24.3 Å². The van der Waals surface area contributed by atoms with Gasteiger partial charge < -0.3 is 14.8 Å². The Labute approximate surface area is 185 Å². The molecule has 1 N–H and O–H groups in total. The highest BCUT2D eigenvalue weighted by Crippen LogP contribution is 2.33. The van der Waals surface area contributed by atoms with Crippen LogP contribution in [0.15, 0.2) is 42.6 Å². The minimum absolute atomic E-state index is 0.0677. The van der Waals surface area contributed by atoms with E-state index in [1.165, 1.54) is 11.0 Å². The molecule has 0 unspecified atom stereocenters. The van der Waals surface area contributed by atoms with E-state index < -0.39 is 29.4 Å². The molecule has 2 amide bonds. The summed E-state index contributed by atoms with van der Waals surface area (Å²) in [6.07, 6.45) is -3.07. The van der Waals surface area contributed by atoms with Gasteiger partial charge in [0.2, 0.25) is 5.91 Å². The molecule has 3 aromatic rings. The molecule has 0 atom stereocenters. The summed E-state index contributed by atoms with van der Waals surface area (Å²) in [5.41, 5.74) is -0.788. The van der Waals surface area contributed by atoms with E-state index in [1.54, 1.807) is 18.3 Å². The molecule has 1 aliphatic heterocycles. The highest BCUT2D eigenvalue weighted by atomic mass is 35.5. The van der Waals surface area contributed by atoms with Gasteiger partial charge in [-0.2, -0.15) is 13.2 Å². The van der Waals surface area contributed by atoms with Crippen LogP contribution in [-0.2, 0) is 24.1 Å². The SMILES string of the molecule is O=C(CCl)Nc1cc(C(=O)N2CCn3c(nnc3-c3ccccn3)C2)cc(C(F)(F)F)c1. The predicted molar refractivity (Wildman–Crippen MR) is 109 cm³/mol. The van der Waals surface area contributed by atoms with Crippen molar-refractivity contribution in [3.8, 4) is 11.5 Å². The minimum atomic E-state index is -4.70. The first-order valence-electron chi connectivity index (χ1n) is 9.47. The summed E-state index contributed by atoms with van der Waals surface area (Å²) in [5, 5.41) is 10.5. The summed E-state index contributed by atoms with van der Waals surface area (Å²) >= 11 is 5.42. The van der Waals surface area contributed by atoms with Gasteiger partial charge in [0.25, 0.3) is 5.91 Å². The lowest BCUT2D eigenvalue weighted by Crippen LogP contribution is -2.38. The second kappa shape index (κ2) is 8.58. The van der Waals surface area contributed by atoms with Gasteiger partial charge in [-0.05, 0) is 30.3 Å². The Kier molecular flexibility index (Phi) is 5.83. The van der Waals surface area contributed by atoms with Crippen molar-refractivity contribution < 1.29 is 22.8 Å². The zero-order valence-corrected chi connectivity index (χ0v) is 17.2. The molecule has 0 bridgehead atoms. The first-order valence-corrected chi connectivity index (χ1v) is 10.0. The number of fused-ring (bicyclic) bond motifs is 1. The van der Waals surface area contributed by atoms with E-state index in [9.17, 15) is 22.8 Å². The van der Waals surface area contributed by atoms with Crippen LogP contribution in [-0.4, -0.2) is 48.9 Å². The van der Waals surface area contributed by atoms with Gasteiger partial charge >= 0.3 is 6.18 Å². The Bertz CT molecular complexity index is 1170. The van der Waals surface area contributed by atoms with Gasteiger partial charge in [0.05, 0.1) is 12.1 Å². The number of pyridine rings is 1. The summed E-state index contributed by atoms with van der Waals surface area (Å²) in [7, 11) is 0. The number of alkyl halides is 4. The summed E-state index contributed by atoms with van der Waals surface area (Å²) in [5.74, 6) is -0.686. The molecule has 3 heterocycles. The smallest absolute Gasteiger partial charge is 0.329 e.